The molecule has 1 aromatic carbocycles. The summed E-state index contributed by atoms with van der Waals surface area (Å²) in [7, 11) is 1.59. The molecule has 0 radical (unpaired) electrons. The second-order valence-corrected chi connectivity index (χ2v) is 6.23. The van der Waals surface area contributed by atoms with E-state index in [0.29, 0.717) is 31.1 Å². The van der Waals surface area contributed by atoms with E-state index in [1.165, 1.54) is 0 Å². The van der Waals surface area contributed by atoms with Gasteiger partial charge in [-0.15, -0.1) is 0 Å². The number of β-amino-alcohol motifs (C(OH)–C–C–N with tert-alkyl or cyclic N) is 1. The first kappa shape index (κ1) is 19.3. The van der Waals surface area contributed by atoms with E-state index in [4.69, 9.17) is 9.47 Å². The summed E-state index contributed by atoms with van der Waals surface area (Å²) in [5.74, 6) is 1.15. The molecule has 6 nitrogen and oxygen atoms in total. The zero-order valence-corrected chi connectivity index (χ0v) is 15.3. The minimum absolute atomic E-state index is 0.00424. The highest BCUT2D eigenvalue weighted by atomic mass is 16.5. The summed E-state index contributed by atoms with van der Waals surface area (Å²) >= 11 is 0. The second kappa shape index (κ2) is 9.44. The molecule has 1 saturated heterocycles. The Morgan fingerprint density at radius 2 is 2.00 bits per heavy atom. The molecule has 0 aromatic heterocycles. The van der Waals surface area contributed by atoms with Gasteiger partial charge in [0, 0.05) is 32.7 Å². The molecule has 1 amide bonds. The first-order valence-corrected chi connectivity index (χ1v) is 8.65. The highest BCUT2D eigenvalue weighted by Crippen LogP contribution is 2.28. The maximum absolute atomic E-state index is 12.4. The zero-order valence-electron chi connectivity index (χ0n) is 15.3. The van der Waals surface area contributed by atoms with Crippen LogP contribution in [0.15, 0.2) is 24.3 Å². The van der Waals surface area contributed by atoms with Gasteiger partial charge in [-0.3, -0.25) is 9.69 Å². The SMILES string of the molecule is C/C=C\c1ccc(OCC(=O)N2CCN(C[C@@H](C)O)CC2)c(OC)c1. The van der Waals surface area contributed by atoms with Gasteiger partial charge < -0.3 is 19.5 Å². The average molecular weight is 348 g/mol. The van der Waals surface area contributed by atoms with E-state index in [1.807, 2.05) is 37.3 Å². The van der Waals surface area contributed by atoms with Crippen molar-refractivity contribution in [3.63, 3.8) is 0 Å². The summed E-state index contributed by atoms with van der Waals surface area (Å²) in [6.07, 6.45) is 3.59. The van der Waals surface area contributed by atoms with E-state index in [0.717, 1.165) is 18.7 Å². The fourth-order valence-electron chi connectivity index (χ4n) is 2.88. The van der Waals surface area contributed by atoms with Crippen molar-refractivity contribution >= 4 is 12.0 Å². The fourth-order valence-corrected chi connectivity index (χ4v) is 2.88. The van der Waals surface area contributed by atoms with Gasteiger partial charge in [0.1, 0.15) is 0 Å². The van der Waals surface area contributed by atoms with E-state index in [2.05, 4.69) is 4.90 Å². The van der Waals surface area contributed by atoms with E-state index in [-0.39, 0.29) is 18.6 Å². The smallest absolute Gasteiger partial charge is 0.260 e. The Balaban J connectivity index is 1.86. The van der Waals surface area contributed by atoms with Crippen LogP contribution in [-0.2, 0) is 4.79 Å². The Morgan fingerprint density at radius 1 is 1.28 bits per heavy atom. The van der Waals surface area contributed by atoms with Crippen LogP contribution in [0.2, 0.25) is 0 Å². The molecule has 1 fully saturated rings. The van der Waals surface area contributed by atoms with Crippen LogP contribution in [-0.4, -0.2) is 73.4 Å². The molecule has 2 rings (SSSR count). The standard InChI is InChI=1S/C19H28N2O4/c1-4-5-16-6-7-17(18(12-16)24-3)25-14-19(23)21-10-8-20(9-11-21)13-15(2)22/h4-7,12,15,22H,8-11,13-14H2,1-3H3/b5-4-/t15-/m1/s1. The Labute approximate surface area is 149 Å². The lowest BCUT2D eigenvalue weighted by atomic mass is 10.2. The third-order valence-electron chi connectivity index (χ3n) is 4.15. The number of rotatable bonds is 7. The van der Waals surface area contributed by atoms with Gasteiger partial charge in [0.15, 0.2) is 18.1 Å². The minimum atomic E-state index is -0.344. The number of hydrogen-bond donors (Lipinski definition) is 1. The van der Waals surface area contributed by atoms with Crippen LogP contribution in [0.25, 0.3) is 6.08 Å². The molecular weight excluding hydrogens is 320 g/mol. The first-order chi connectivity index (χ1) is 12.0. The minimum Gasteiger partial charge on any atom is -0.493 e. The Kier molecular flexibility index (Phi) is 7.28. The number of nitrogens with zero attached hydrogens (tertiary/aromatic N) is 2. The van der Waals surface area contributed by atoms with Crippen LogP contribution in [0.1, 0.15) is 19.4 Å². The maximum atomic E-state index is 12.4. The molecule has 1 aliphatic heterocycles. The lowest BCUT2D eigenvalue weighted by Gasteiger charge is -2.35. The van der Waals surface area contributed by atoms with E-state index >= 15 is 0 Å². The summed E-state index contributed by atoms with van der Waals surface area (Å²) in [5.41, 5.74) is 1.02. The van der Waals surface area contributed by atoms with E-state index in [1.54, 1.807) is 18.9 Å². The quantitative estimate of drug-likeness (QED) is 0.812. The molecule has 0 unspecified atom stereocenters. The van der Waals surface area contributed by atoms with Crippen molar-refractivity contribution in [2.75, 3.05) is 46.4 Å². The molecule has 1 aliphatic rings. The Morgan fingerprint density at radius 3 is 2.60 bits per heavy atom. The highest BCUT2D eigenvalue weighted by molar-refractivity contribution is 5.78. The third-order valence-corrected chi connectivity index (χ3v) is 4.15. The van der Waals surface area contributed by atoms with E-state index in [9.17, 15) is 9.90 Å². The molecule has 1 aromatic rings. The van der Waals surface area contributed by atoms with Gasteiger partial charge in [0.25, 0.3) is 5.91 Å². The number of methoxy groups -OCH3 is 1. The molecule has 1 N–H and O–H groups in total. The van der Waals surface area contributed by atoms with Crippen molar-refractivity contribution in [2.24, 2.45) is 0 Å². The summed E-state index contributed by atoms with van der Waals surface area (Å²) in [5, 5.41) is 9.43. The Bertz CT molecular complexity index is 593. The lowest BCUT2D eigenvalue weighted by Crippen LogP contribution is -2.51. The molecule has 1 heterocycles. The topological polar surface area (TPSA) is 62.2 Å². The van der Waals surface area contributed by atoms with Crippen LogP contribution in [0.5, 0.6) is 11.5 Å². The van der Waals surface area contributed by atoms with Crippen LogP contribution >= 0.6 is 0 Å². The average Bonchev–Trinajstić information content (AvgIpc) is 2.60. The first-order valence-electron chi connectivity index (χ1n) is 8.65. The summed E-state index contributed by atoms with van der Waals surface area (Å²) in [6.45, 7) is 7.25. The summed E-state index contributed by atoms with van der Waals surface area (Å²) < 4.78 is 11.0. The van der Waals surface area contributed by atoms with Crippen LogP contribution in [0.4, 0.5) is 0 Å². The number of aliphatic hydroxyl groups excluding tert-OH is 1. The van der Waals surface area contributed by atoms with Gasteiger partial charge in [-0.25, -0.2) is 0 Å². The number of allylic oxidation sites excluding steroid dienone is 1. The monoisotopic (exact) mass is 348 g/mol. The molecule has 6 heteroatoms. The van der Waals surface area contributed by atoms with Crippen molar-refractivity contribution in [3.8, 4) is 11.5 Å². The molecule has 138 valence electrons. The number of carbonyl (C=O) groups excluding carboxylic acids is 1. The zero-order chi connectivity index (χ0) is 18.2. The molecule has 25 heavy (non-hydrogen) atoms. The van der Waals surface area contributed by atoms with Gasteiger partial charge in [-0.05, 0) is 31.5 Å². The van der Waals surface area contributed by atoms with Gasteiger partial charge in [-0.1, -0.05) is 18.2 Å². The van der Waals surface area contributed by atoms with Crippen molar-refractivity contribution in [2.45, 2.75) is 20.0 Å². The van der Waals surface area contributed by atoms with Crippen LogP contribution in [0, 0.1) is 0 Å². The highest BCUT2D eigenvalue weighted by Gasteiger charge is 2.22. The van der Waals surface area contributed by atoms with Crippen LogP contribution < -0.4 is 9.47 Å². The largest absolute Gasteiger partial charge is 0.493 e. The summed E-state index contributed by atoms with van der Waals surface area (Å²) in [4.78, 5) is 16.3. The van der Waals surface area contributed by atoms with Crippen LogP contribution in [0.3, 0.4) is 0 Å². The predicted molar refractivity (Wildman–Crippen MR) is 97.9 cm³/mol. The number of hydrogen-bond acceptors (Lipinski definition) is 5. The third kappa shape index (κ3) is 5.76. The molecule has 0 saturated carbocycles. The lowest BCUT2D eigenvalue weighted by molar-refractivity contribution is -0.135. The normalized spacial score (nSPS) is 16.9. The number of amides is 1. The molecule has 0 aliphatic carbocycles. The predicted octanol–water partition coefficient (Wildman–Crippen LogP) is 1.63. The number of carbonyl (C=O) groups is 1. The molecule has 1 atom stereocenters. The maximum Gasteiger partial charge on any atom is 0.260 e. The van der Waals surface area contributed by atoms with Crippen molar-refractivity contribution in [3.05, 3.63) is 29.8 Å². The number of piperazine rings is 1. The van der Waals surface area contributed by atoms with Gasteiger partial charge in [0.05, 0.1) is 13.2 Å². The van der Waals surface area contributed by atoms with Crippen molar-refractivity contribution in [1.29, 1.82) is 0 Å². The van der Waals surface area contributed by atoms with Gasteiger partial charge in [-0.2, -0.15) is 0 Å². The summed E-state index contributed by atoms with van der Waals surface area (Å²) in [6, 6.07) is 5.63. The number of benzene rings is 1. The molecule has 0 bridgehead atoms. The van der Waals surface area contributed by atoms with E-state index < -0.39 is 0 Å². The van der Waals surface area contributed by atoms with Crippen molar-refractivity contribution in [1.82, 2.24) is 9.80 Å². The van der Waals surface area contributed by atoms with Crippen molar-refractivity contribution < 1.29 is 19.4 Å². The molecular formula is C19H28N2O4. The van der Waals surface area contributed by atoms with Gasteiger partial charge in [0.2, 0.25) is 0 Å². The fraction of sp³-hybridized carbons (Fsp3) is 0.526. The second-order valence-electron chi connectivity index (χ2n) is 6.23. The Hall–Kier alpha value is -2.05. The number of aliphatic hydroxyl groups is 1. The molecule has 0 spiro atoms. The van der Waals surface area contributed by atoms with Gasteiger partial charge >= 0.3 is 0 Å². The number of ether oxygens (including phenoxy) is 2.